The molecule has 1 atom stereocenters. The number of hydrogen-bond acceptors (Lipinski definition) is 3. The van der Waals surface area contributed by atoms with E-state index in [1.165, 1.54) is 0 Å². The molecule has 0 saturated carbocycles. The van der Waals surface area contributed by atoms with Gasteiger partial charge in [-0.25, -0.2) is 0 Å². The first-order valence-corrected chi connectivity index (χ1v) is 11.7. The third kappa shape index (κ3) is 6.67. The Bertz CT molecular complexity index is 1020. The van der Waals surface area contributed by atoms with Gasteiger partial charge in [-0.1, -0.05) is 26.8 Å². The first kappa shape index (κ1) is 25.9. The summed E-state index contributed by atoms with van der Waals surface area (Å²) in [4.78, 5) is 14.7. The maximum Gasteiger partial charge on any atom is 0.425 e. The summed E-state index contributed by atoms with van der Waals surface area (Å²) < 4.78 is 43.7. The molecule has 3 rings (SSSR count). The van der Waals surface area contributed by atoms with Crippen molar-refractivity contribution in [3.63, 3.8) is 0 Å². The summed E-state index contributed by atoms with van der Waals surface area (Å²) in [6.45, 7) is 12.6. The zero-order valence-electron chi connectivity index (χ0n) is 20.9. The molecule has 0 saturated heterocycles. The first-order chi connectivity index (χ1) is 15.7. The lowest BCUT2D eigenvalue weighted by atomic mass is 9.92. The number of ether oxygens (including phenoxy) is 1. The number of amides is 1. The molecule has 1 aliphatic rings. The van der Waals surface area contributed by atoms with E-state index in [0.29, 0.717) is 13.0 Å². The molecule has 1 amide bonds. The topological polar surface area (TPSA) is 41.6 Å². The number of aryl methyl sites for hydroxylation is 3. The second-order valence-corrected chi connectivity index (χ2v) is 10.5. The summed E-state index contributed by atoms with van der Waals surface area (Å²) in [5.41, 5.74) is 5.96. The van der Waals surface area contributed by atoms with Gasteiger partial charge in [-0.05, 0) is 85.5 Å². The highest BCUT2D eigenvalue weighted by molar-refractivity contribution is 5.93. The average Bonchev–Trinajstić information content (AvgIpc) is 2.90. The lowest BCUT2D eigenvalue weighted by molar-refractivity contribution is -0.189. The van der Waals surface area contributed by atoms with Gasteiger partial charge in [0.2, 0.25) is 5.91 Å². The van der Waals surface area contributed by atoms with Gasteiger partial charge in [-0.2, -0.15) is 13.2 Å². The number of anilines is 2. The predicted molar refractivity (Wildman–Crippen MR) is 131 cm³/mol. The quantitative estimate of drug-likeness (QED) is 0.507. The Balaban J connectivity index is 1.77. The monoisotopic (exact) mass is 476 g/mol. The number of fused-ring (bicyclic) bond motifs is 1. The van der Waals surface area contributed by atoms with Crippen LogP contribution in [0.25, 0.3) is 0 Å². The van der Waals surface area contributed by atoms with Crippen molar-refractivity contribution in [1.29, 1.82) is 0 Å². The summed E-state index contributed by atoms with van der Waals surface area (Å²) in [5, 5.41) is 3.07. The van der Waals surface area contributed by atoms with Crippen LogP contribution in [0.15, 0.2) is 30.3 Å². The molecule has 0 bridgehead atoms. The molecule has 7 heteroatoms. The van der Waals surface area contributed by atoms with Crippen LogP contribution < -0.4 is 15.0 Å². The van der Waals surface area contributed by atoms with Gasteiger partial charge in [0.05, 0.1) is 0 Å². The minimum atomic E-state index is -4.39. The van der Waals surface area contributed by atoms with Crippen LogP contribution in [0.3, 0.4) is 0 Å². The molecule has 186 valence electrons. The van der Waals surface area contributed by atoms with Gasteiger partial charge < -0.3 is 15.0 Å². The molecule has 34 heavy (non-hydrogen) atoms. The molecule has 0 unspecified atom stereocenters. The van der Waals surface area contributed by atoms with E-state index in [0.717, 1.165) is 59.9 Å². The van der Waals surface area contributed by atoms with Crippen LogP contribution in [0, 0.1) is 19.3 Å². The lowest BCUT2D eigenvalue weighted by Gasteiger charge is -2.26. The highest BCUT2D eigenvalue weighted by Crippen LogP contribution is 2.33. The summed E-state index contributed by atoms with van der Waals surface area (Å²) in [5.74, 6) is 0.257. The van der Waals surface area contributed by atoms with Gasteiger partial charge >= 0.3 is 6.18 Å². The fraction of sp³-hybridized carbons (Fsp3) is 0.519. The SMILES string of the molecule is Cc1cc(N2CCCc3cc(O[C@H](C)C(F)(F)F)ccc3C2)cc(C)c1NC(=O)CC(C)(C)C. The minimum Gasteiger partial charge on any atom is -0.481 e. The standard InChI is InChI=1S/C27H35F3N2O2/c1-17-12-22(13-18(2)25(17)31-24(33)15-26(4,5)6)32-11-7-8-20-14-23(10-9-21(20)16-32)34-19(3)27(28,29)30/h9-10,12-14,19H,7-8,11,15-16H2,1-6H3,(H,31,33)/t19-/m1/s1. The molecule has 0 aliphatic carbocycles. The summed E-state index contributed by atoms with van der Waals surface area (Å²) >= 11 is 0. The second kappa shape index (κ2) is 9.88. The van der Waals surface area contributed by atoms with Crippen molar-refractivity contribution in [2.75, 3.05) is 16.8 Å². The van der Waals surface area contributed by atoms with Gasteiger partial charge in [-0.15, -0.1) is 0 Å². The van der Waals surface area contributed by atoms with Gasteiger partial charge in [0.15, 0.2) is 6.10 Å². The molecule has 0 spiro atoms. The van der Waals surface area contributed by atoms with E-state index >= 15 is 0 Å². The number of carbonyl (C=O) groups excluding carboxylic acids is 1. The predicted octanol–water partition coefficient (Wildman–Crippen LogP) is 6.96. The Hall–Kier alpha value is -2.70. The van der Waals surface area contributed by atoms with E-state index in [-0.39, 0.29) is 17.1 Å². The molecular weight excluding hydrogens is 441 g/mol. The number of hydrogen-bond donors (Lipinski definition) is 1. The van der Waals surface area contributed by atoms with E-state index in [9.17, 15) is 18.0 Å². The zero-order chi connectivity index (χ0) is 25.3. The number of rotatable bonds is 5. The number of nitrogens with zero attached hydrogens (tertiary/aromatic N) is 1. The number of carbonyl (C=O) groups is 1. The van der Waals surface area contributed by atoms with Crippen molar-refractivity contribution in [1.82, 2.24) is 0 Å². The fourth-order valence-corrected chi connectivity index (χ4v) is 4.28. The molecule has 1 heterocycles. The molecule has 2 aromatic carbocycles. The van der Waals surface area contributed by atoms with E-state index in [4.69, 9.17) is 4.74 Å². The van der Waals surface area contributed by atoms with Crippen LogP contribution in [0.2, 0.25) is 0 Å². The van der Waals surface area contributed by atoms with Gasteiger partial charge in [-0.3, -0.25) is 4.79 Å². The fourth-order valence-electron chi connectivity index (χ4n) is 4.28. The highest BCUT2D eigenvalue weighted by atomic mass is 19.4. The maximum atomic E-state index is 12.9. The van der Waals surface area contributed by atoms with E-state index in [1.807, 2.05) is 40.7 Å². The van der Waals surface area contributed by atoms with Crippen LogP contribution in [-0.4, -0.2) is 24.7 Å². The van der Waals surface area contributed by atoms with Crippen molar-refractivity contribution in [2.24, 2.45) is 5.41 Å². The van der Waals surface area contributed by atoms with Gasteiger partial charge in [0.25, 0.3) is 0 Å². The van der Waals surface area contributed by atoms with E-state index < -0.39 is 12.3 Å². The van der Waals surface area contributed by atoms with Crippen LogP contribution in [-0.2, 0) is 17.8 Å². The van der Waals surface area contributed by atoms with Crippen molar-refractivity contribution in [2.45, 2.75) is 79.6 Å². The van der Waals surface area contributed by atoms with Crippen LogP contribution in [0.4, 0.5) is 24.5 Å². The van der Waals surface area contributed by atoms with E-state index in [1.54, 1.807) is 12.1 Å². The normalized spacial score (nSPS) is 15.4. The third-order valence-electron chi connectivity index (χ3n) is 6.02. The largest absolute Gasteiger partial charge is 0.481 e. The van der Waals surface area contributed by atoms with Crippen molar-refractivity contribution >= 4 is 17.3 Å². The van der Waals surface area contributed by atoms with Gasteiger partial charge in [0, 0.05) is 30.9 Å². The molecule has 0 radical (unpaired) electrons. The van der Waals surface area contributed by atoms with Crippen LogP contribution >= 0.6 is 0 Å². The molecule has 1 N–H and O–H groups in total. The third-order valence-corrected chi connectivity index (χ3v) is 6.02. The molecule has 0 aromatic heterocycles. The minimum absolute atomic E-state index is 0.00742. The van der Waals surface area contributed by atoms with Crippen LogP contribution in [0.1, 0.15) is 62.8 Å². The Morgan fingerprint density at radius 1 is 1.09 bits per heavy atom. The van der Waals surface area contributed by atoms with Crippen molar-refractivity contribution in [3.05, 3.63) is 52.6 Å². The van der Waals surface area contributed by atoms with E-state index in [2.05, 4.69) is 22.3 Å². The highest BCUT2D eigenvalue weighted by Gasteiger charge is 2.38. The molecule has 4 nitrogen and oxygen atoms in total. The number of alkyl halides is 3. The summed E-state index contributed by atoms with van der Waals surface area (Å²) in [6.07, 6.45) is -4.13. The molecule has 1 aliphatic heterocycles. The molecular formula is C27H35F3N2O2. The maximum absolute atomic E-state index is 12.9. The lowest BCUT2D eigenvalue weighted by Crippen LogP contribution is -2.31. The van der Waals surface area contributed by atoms with Crippen LogP contribution in [0.5, 0.6) is 5.75 Å². The molecule has 0 fully saturated rings. The zero-order valence-corrected chi connectivity index (χ0v) is 20.9. The van der Waals surface area contributed by atoms with Crippen molar-refractivity contribution in [3.8, 4) is 5.75 Å². The number of halogens is 3. The number of nitrogens with one attached hydrogen (secondary N) is 1. The number of benzene rings is 2. The van der Waals surface area contributed by atoms with Gasteiger partial charge in [0.1, 0.15) is 5.75 Å². The smallest absolute Gasteiger partial charge is 0.425 e. The first-order valence-electron chi connectivity index (χ1n) is 11.7. The Kier molecular flexibility index (Phi) is 7.53. The molecule has 2 aromatic rings. The average molecular weight is 477 g/mol. The van der Waals surface area contributed by atoms with Crippen molar-refractivity contribution < 1.29 is 22.7 Å². The Labute approximate surface area is 200 Å². The summed E-state index contributed by atoms with van der Waals surface area (Å²) in [6, 6.07) is 9.41. The second-order valence-electron chi connectivity index (χ2n) is 10.5. The Morgan fingerprint density at radius 3 is 2.32 bits per heavy atom. The Morgan fingerprint density at radius 2 is 1.74 bits per heavy atom. The summed E-state index contributed by atoms with van der Waals surface area (Å²) in [7, 11) is 0.